The first kappa shape index (κ1) is 29.9. The Morgan fingerprint density at radius 2 is 1.69 bits per heavy atom. The Kier molecular flexibility index (Phi) is 8.77. The van der Waals surface area contributed by atoms with Gasteiger partial charge < -0.3 is 24.2 Å². The number of nitrogens with zero attached hydrogens (tertiary/aromatic N) is 5. The van der Waals surface area contributed by atoms with Crippen LogP contribution in [0.3, 0.4) is 0 Å². The Bertz CT molecular complexity index is 1300. The lowest BCUT2D eigenvalue weighted by Crippen LogP contribution is -2.50. The highest BCUT2D eigenvalue weighted by Crippen LogP contribution is 2.33. The van der Waals surface area contributed by atoms with Crippen LogP contribution in [0.1, 0.15) is 73.6 Å². The number of rotatable bonds is 7. The summed E-state index contributed by atoms with van der Waals surface area (Å²) in [4.78, 5) is 52.7. The Morgan fingerprint density at radius 3 is 2.26 bits per heavy atom. The molecule has 2 aromatic rings. The lowest BCUT2D eigenvalue weighted by Gasteiger charge is -2.39. The molecule has 1 atom stereocenters. The van der Waals surface area contributed by atoms with Gasteiger partial charge >= 0.3 is 6.09 Å². The van der Waals surface area contributed by atoms with Gasteiger partial charge in [-0.1, -0.05) is 6.07 Å². The minimum absolute atomic E-state index is 0.00949. The van der Waals surface area contributed by atoms with Gasteiger partial charge in [-0.25, -0.2) is 19.2 Å². The molecular weight excluding hydrogens is 541 g/mol. The number of hydrogen-bond donors (Lipinski definition) is 0. The van der Waals surface area contributed by atoms with Crippen LogP contribution in [0, 0.1) is 11.7 Å². The van der Waals surface area contributed by atoms with Crippen molar-refractivity contribution < 1.29 is 28.2 Å². The van der Waals surface area contributed by atoms with E-state index in [9.17, 15) is 14.4 Å². The van der Waals surface area contributed by atoms with Crippen molar-refractivity contribution in [2.24, 2.45) is 5.92 Å². The largest absolute Gasteiger partial charge is 0.444 e. The summed E-state index contributed by atoms with van der Waals surface area (Å²) in [6.45, 7) is 8.41. The number of carbonyl (C=O) groups is 3. The van der Waals surface area contributed by atoms with Crippen LogP contribution in [-0.4, -0.2) is 100 Å². The molecule has 11 heteroatoms. The number of likely N-dealkylation sites (tertiary alicyclic amines) is 1. The first-order chi connectivity index (χ1) is 20.0. The van der Waals surface area contributed by atoms with Crippen LogP contribution in [0.25, 0.3) is 11.4 Å². The van der Waals surface area contributed by atoms with Gasteiger partial charge in [-0.3, -0.25) is 9.59 Å². The fourth-order valence-corrected chi connectivity index (χ4v) is 5.60. The molecule has 10 nitrogen and oxygen atoms in total. The molecule has 3 aliphatic rings. The van der Waals surface area contributed by atoms with E-state index in [2.05, 4.69) is 9.97 Å². The van der Waals surface area contributed by atoms with Crippen molar-refractivity contribution in [3.05, 3.63) is 47.5 Å². The lowest BCUT2D eigenvalue weighted by molar-refractivity contribution is 0.0142. The summed E-state index contributed by atoms with van der Waals surface area (Å²) in [5, 5.41) is 0. The zero-order valence-corrected chi connectivity index (χ0v) is 24.8. The van der Waals surface area contributed by atoms with E-state index in [1.165, 1.54) is 29.4 Å². The summed E-state index contributed by atoms with van der Waals surface area (Å²) >= 11 is 0. The minimum atomic E-state index is -0.645. The Balaban J connectivity index is 1.22. The van der Waals surface area contributed by atoms with E-state index in [1.807, 2.05) is 25.7 Å². The molecule has 0 N–H and O–H groups in total. The molecule has 0 radical (unpaired) electrons. The van der Waals surface area contributed by atoms with Crippen LogP contribution in [0.2, 0.25) is 0 Å². The van der Waals surface area contributed by atoms with Gasteiger partial charge in [-0.15, -0.1) is 0 Å². The molecule has 1 aliphatic carbocycles. The standard InChI is InChI=1S/C31H40FN5O5/c1-31(2,3)42-30(40)36-12-9-24(10-13-36)37(23-6-7-23)28(38)22-16-33-27(34-17-22)21-5-8-25(26(32)15-21)29(39)35(4)18-20-11-14-41-19-20/h5,8,15-17,20,23-24H,6-7,9-14,18-19H2,1-4H3. The van der Waals surface area contributed by atoms with E-state index >= 15 is 4.39 Å². The molecule has 2 saturated heterocycles. The van der Waals surface area contributed by atoms with Crippen molar-refractivity contribution in [1.82, 2.24) is 24.7 Å². The van der Waals surface area contributed by atoms with Crippen molar-refractivity contribution in [2.75, 3.05) is 39.9 Å². The molecule has 5 rings (SSSR count). The molecule has 3 amide bonds. The predicted molar refractivity (Wildman–Crippen MR) is 153 cm³/mol. The molecule has 3 fully saturated rings. The highest BCUT2D eigenvalue weighted by atomic mass is 19.1. The van der Waals surface area contributed by atoms with Crippen molar-refractivity contribution in [3.8, 4) is 11.4 Å². The van der Waals surface area contributed by atoms with Gasteiger partial charge in [0.15, 0.2) is 5.82 Å². The van der Waals surface area contributed by atoms with Gasteiger partial charge in [0.05, 0.1) is 17.7 Å². The van der Waals surface area contributed by atoms with Gasteiger partial charge in [0.2, 0.25) is 0 Å². The van der Waals surface area contributed by atoms with Crippen LogP contribution in [0.5, 0.6) is 0 Å². The van der Waals surface area contributed by atoms with Crippen molar-refractivity contribution >= 4 is 17.9 Å². The molecule has 0 bridgehead atoms. The van der Waals surface area contributed by atoms with Gasteiger partial charge in [-0.05, 0) is 65.0 Å². The Morgan fingerprint density at radius 1 is 1.02 bits per heavy atom. The molecule has 1 unspecified atom stereocenters. The van der Waals surface area contributed by atoms with E-state index in [4.69, 9.17) is 9.47 Å². The SMILES string of the molecule is CN(CC1CCOC1)C(=O)c1ccc(-c2ncc(C(=O)N(C3CC3)C3CCN(C(=O)OC(C)(C)C)CC3)cn2)cc1F. The molecule has 0 spiro atoms. The maximum atomic E-state index is 15.0. The Labute approximate surface area is 246 Å². The summed E-state index contributed by atoms with van der Waals surface area (Å²) in [6, 6.07) is 4.52. The van der Waals surface area contributed by atoms with Gasteiger partial charge in [0, 0.05) is 69.2 Å². The van der Waals surface area contributed by atoms with E-state index in [0.29, 0.717) is 56.8 Å². The molecule has 42 heavy (non-hydrogen) atoms. The third-order valence-corrected chi connectivity index (χ3v) is 7.94. The van der Waals surface area contributed by atoms with Crippen molar-refractivity contribution in [3.63, 3.8) is 0 Å². The second-order valence-electron chi connectivity index (χ2n) is 12.5. The second-order valence-corrected chi connectivity index (χ2v) is 12.5. The molecule has 226 valence electrons. The molecule has 3 heterocycles. The number of hydrogen-bond acceptors (Lipinski definition) is 7. The maximum Gasteiger partial charge on any atom is 0.410 e. The third kappa shape index (κ3) is 7.06. The smallest absolute Gasteiger partial charge is 0.410 e. The number of piperidine rings is 1. The van der Waals surface area contributed by atoms with Crippen LogP contribution >= 0.6 is 0 Å². The van der Waals surface area contributed by atoms with E-state index < -0.39 is 11.4 Å². The number of amides is 3. The highest BCUT2D eigenvalue weighted by molar-refractivity contribution is 5.95. The van der Waals surface area contributed by atoms with Crippen LogP contribution in [0.4, 0.5) is 9.18 Å². The fraction of sp³-hybridized carbons (Fsp3) is 0.581. The summed E-state index contributed by atoms with van der Waals surface area (Å²) in [5.41, 5.74) is 0.223. The Hall–Kier alpha value is -3.60. The van der Waals surface area contributed by atoms with Crippen molar-refractivity contribution in [2.45, 2.75) is 70.6 Å². The fourth-order valence-electron chi connectivity index (χ4n) is 5.60. The van der Waals surface area contributed by atoms with E-state index in [0.717, 1.165) is 19.3 Å². The normalized spacial score (nSPS) is 19.5. The highest BCUT2D eigenvalue weighted by Gasteiger charge is 2.40. The summed E-state index contributed by atoms with van der Waals surface area (Å²) < 4.78 is 25.9. The average Bonchev–Trinajstić information content (AvgIpc) is 3.66. The lowest BCUT2D eigenvalue weighted by atomic mass is 10.0. The molecule has 1 aromatic carbocycles. The van der Waals surface area contributed by atoms with Gasteiger partial charge in [0.25, 0.3) is 11.8 Å². The van der Waals surface area contributed by atoms with Gasteiger partial charge in [-0.2, -0.15) is 0 Å². The molecule has 1 saturated carbocycles. The number of ether oxygens (including phenoxy) is 2. The minimum Gasteiger partial charge on any atom is -0.444 e. The zero-order chi connectivity index (χ0) is 30.0. The third-order valence-electron chi connectivity index (χ3n) is 7.94. The van der Waals surface area contributed by atoms with Crippen LogP contribution < -0.4 is 0 Å². The van der Waals surface area contributed by atoms with E-state index in [-0.39, 0.29) is 47.3 Å². The average molecular weight is 582 g/mol. The van der Waals surface area contributed by atoms with Crippen LogP contribution in [-0.2, 0) is 9.47 Å². The second kappa shape index (κ2) is 12.3. The topological polar surface area (TPSA) is 105 Å². The predicted octanol–water partition coefficient (Wildman–Crippen LogP) is 4.40. The maximum absolute atomic E-state index is 15.0. The molecule has 1 aromatic heterocycles. The summed E-state index contributed by atoms with van der Waals surface area (Å²) in [7, 11) is 1.67. The monoisotopic (exact) mass is 581 g/mol. The van der Waals surface area contributed by atoms with Crippen LogP contribution in [0.15, 0.2) is 30.6 Å². The quantitative estimate of drug-likeness (QED) is 0.478. The molecular formula is C31H40FN5O5. The number of carbonyl (C=O) groups excluding carboxylic acids is 3. The van der Waals surface area contributed by atoms with Crippen molar-refractivity contribution in [1.29, 1.82) is 0 Å². The summed E-state index contributed by atoms with van der Waals surface area (Å²) in [5.74, 6) is -0.637. The van der Waals surface area contributed by atoms with Gasteiger partial charge in [0.1, 0.15) is 11.4 Å². The number of halogens is 1. The first-order valence-electron chi connectivity index (χ1n) is 14.8. The zero-order valence-electron chi connectivity index (χ0n) is 24.8. The summed E-state index contributed by atoms with van der Waals surface area (Å²) in [6.07, 6.45) is 6.77. The molecule has 2 aliphatic heterocycles. The first-order valence-corrected chi connectivity index (χ1v) is 14.8. The van der Waals surface area contributed by atoms with E-state index in [1.54, 1.807) is 18.0 Å². The number of aromatic nitrogens is 2. The number of benzene rings is 1.